The Kier molecular flexibility index (Phi) is 5.93. The molecule has 2 aliphatic rings. The lowest BCUT2D eigenvalue weighted by Gasteiger charge is -2.22. The third kappa shape index (κ3) is 4.33. The maximum atomic E-state index is 13.2. The lowest BCUT2D eigenvalue weighted by atomic mass is 9.92. The molecule has 33 heavy (non-hydrogen) atoms. The number of carbonyl (C=O) groups is 3. The van der Waals surface area contributed by atoms with Gasteiger partial charge in [0.05, 0.1) is 4.90 Å². The number of benzene rings is 2. The van der Waals surface area contributed by atoms with Gasteiger partial charge in [-0.25, -0.2) is 17.6 Å². The molecule has 0 aromatic heterocycles. The molecule has 0 radical (unpaired) electrons. The fourth-order valence-corrected chi connectivity index (χ4v) is 5.54. The summed E-state index contributed by atoms with van der Waals surface area (Å²) in [6.45, 7) is 1.82. The van der Waals surface area contributed by atoms with E-state index in [2.05, 4.69) is 10.6 Å². The summed E-state index contributed by atoms with van der Waals surface area (Å²) < 4.78 is 40.1. The van der Waals surface area contributed by atoms with Gasteiger partial charge < -0.3 is 10.6 Å². The van der Waals surface area contributed by atoms with Crippen LogP contribution < -0.4 is 10.6 Å². The van der Waals surface area contributed by atoms with Crippen LogP contribution in [0.25, 0.3) is 0 Å². The number of carbonyl (C=O) groups excluding carboxylic acids is 3. The number of anilines is 1. The Morgan fingerprint density at radius 3 is 2.45 bits per heavy atom. The Bertz CT molecular complexity index is 1210. The first-order valence-electron chi connectivity index (χ1n) is 10.4. The van der Waals surface area contributed by atoms with E-state index < -0.39 is 45.8 Å². The number of hydrogen-bond donors (Lipinski definition) is 2. The van der Waals surface area contributed by atoms with Crippen molar-refractivity contribution in [1.29, 1.82) is 0 Å². The van der Waals surface area contributed by atoms with Gasteiger partial charge in [0.1, 0.15) is 17.9 Å². The van der Waals surface area contributed by atoms with E-state index in [4.69, 9.17) is 0 Å². The number of rotatable bonds is 6. The average Bonchev–Trinajstić information content (AvgIpc) is 3.39. The van der Waals surface area contributed by atoms with Gasteiger partial charge in [0, 0.05) is 18.8 Å². The molecule has 0 aliphatic carbocycles. The Hall–Kier alpha value is -3.31. The van der Waals surface area contributed by atoms with Crippen LogP contribution in [-0.2, 0) is 25.2 Å². The molecule has 2 aliphatic heterocycles. The van der Waals surface area contributed by atoms with Crippen LogP contribution in [0, 0.1) is 5.82 Å². The molecule has 4 amide bonds. The molecule has 2 saturated heterocycles. The number of amides is 4. The first-order chi connectivity index (χ1) is 15.6. The van der Waals surface area contributed by atoms with Crippen molar-refractivity contribution >= 4 is 33.6 Å². The number of nitrogens with one attached hydrogen (secondary N) is 2. The lowest BCUT2D eigenvalue weighted by molar-refractivity contribution is -0.133. The molecular weight excluding hydrogens is 451 g/mol. The predicted octanol–water partition coefficient (Wildman–Crippen LogP) is 2.02. The standard InChI is InChI=1S/C22H23FN4O5S/c1-22(15-7-9-16(23)10-8-15)20(29)27(21(30)25-22)14-19(28)24-17-5-4-6-18(13-17)33(31,32)26-11-2-3-12-26/h4-10,13H,2-3,11-12,14H2,1H3,(H,24,28)(H,25,30)/t22-/m1/s1. The molecule has 11 heteroatoms. The molecule has 1 atom stereocenters. The summed E-state index contributed by atoms with van der Waals surface area (Å²) in [6, 6.07) is 10.2. The summed E-state index contributed by atoms with van der Waals surface area (Å²) in [6.07, 6.45) is 1.61. The van der Waals surface area contributed by atoms with Gasteiger partial charge in [-0.1, -0.05) is 18.2 Å². The predicted molar refractivity (Wildman–Crippen MR) is 117 cm³/mol. The number of hydrogen-bond acceptors (Lipinski definition) is 5. The van der Waals surface area contributed by atoms with Crippen LogP contribution in [-0.4, -0.2) is 55.1 Å². The summed E-state index contributed by atoms with van der Waals surface area (Å²) in [5.41, 5.74) is -0.826. The fourth-order valence-electron chi connectivity index (χ4n) is 3.98. The highest BCUT2D eigenvalue weighted by atomic mass is 32.2. The fraction of sp³-hybridized carbons (Fsp3) is 0.318. The molecule has 174 valence electrons. The highest BCUT2D eigenvalue weighted by molar-refractivity contribution is 7.89. The summed E-state index contributed by atoms with van der Waals surface area (Å²) in [7, 11) is -3.66. The zero-order chi connectivity index (χ0) is 23.8. The van der Waals surface area contributed by atoms with Crippen LogP contribution in [0.3, 0.4) is 0 Å². The highest BCUT2D eigenvalue weighted by Crippen LogP contribution is 2.29. The average molecular weight is 475 g/mol. The highest BCUT2D eigenvalue weighted by Gasteiger charge is 2.49. The van der Waals surface area contributed by atoms with Gasteiger partial charge >= 0.3 is 6.03 Å². The topological polar surface area (TPSA) is 116 Å². The molecule has 2 heterocycles. The Morgan fingerprint density at radius 2 is 1.79 bits per heavy atom. The first-order valence-corrected chi connectivity index (χ1v) is 11.9. The van der Waals surface area contributed by atoms with E-state index in [0.717, 1.165) is 17.7 Å². The zero-order valence-corrected chi connectivity index (χ0v) is 18.7. The van der Waals surface area contributed by atoms with Gasteiger partial charge in [-0.05, 0) is 55.7 Å². The normalized spacial score (nSPS) is 21.3. The van der Waals surface area contributed by atoms with E-state index in [1.807, 2.05) is 0 Å². The minimum absolute atomic E-state index is 0.0566. The zero-order valence-electron chi connectivity index (χ0n) is 17.9. The number of sulfonamides is 1. The molecule has 2 fully saturated rings. The number of halogens is 1. The van der Waals surface area contributed by atoms with Gasteiger partial charge in [0.2, 0.25) is 15.9 Å². The third-order valence-electron chi connectivity index (χ3n) is 5.82. The van der Waals surface area contributed by atoms with Gasteiger partial charge in [0.15, 0.2) is 0 Å². The van der Waals surface area contributed by atoms with Crippen molar-refractivity contribution in [2.24, 2.45) is 0 Å². The summed E-state index contributed by atoms with van der Waals surface area (Å²) in [5.74, 6) is -1.80. The van der Waals surface area contributed by atoms with E-state index in [1.165, 1.54) is 59.8 Å². The molecule has 2 N–H and O–H groups in total. The van der Waals surface area contributed by atoms with Crippen molar-refractivity contribution in [3.05, 3.63) is 59.9 Å². The van der Waals surface area contributed by atoms with E-state index in [1.54, 1.807) is 0 Å². The van der Waals surface area contributed by atoms with Crippen LogP contribution in [0.15, 0.2) is 53.4 Å². The number of urea groups is 1. The Balaban J connectivity index is 1.46. The Morgan fingerprint density at radius 1 is 1.12 bits per heavy atom. The molecule has 2 aromatic rings. The molecule has 4 rings (SSSR count). The van der Waals surface area contributed by atoms with Crippen LogP contribution in [0.1, 0.15) is 25.3 Å². The maximum Gasteiger partial charge on any atom is 0.325 e. The van der Waals surface area contributed by atoms with Crippen molar-refractivity contribution in [3.8, 4) is 0 Å². The van der Waals surface area contributed by atoms with Gasteiger partial charge in [-0.3, -0.25) is 14.5 Å². The molecule has 0 unspecified atom stereocenters. The first kappa shape index (κ1) is 22.9. The van der Waals surface area contributed by atoms with Crippen molar-refractivity contribution in [2.45, 2.75) is 30.2 Å². The summed E-state index contributed by atoms with van der Waals surface area (Å²) in [5, 5.41) is 5.09. The Labute approximate surface area is 190 Å². The minimum Gasteiger partial charge on any atom is -0.324 e. The van der Waals surface area contributed by atoms with Crippen LogP contribution in [0.4, 0.5) is 14.9 Å². The van der Waals surface area contributed by atoms with Crippen molar-refractivity contribution in [2.75, 3.05) is 25.0 Å². The van der Waals surface area contributed by atoms with Gasteiger partial charge in [-0.2, -0.15) is 4.31 Å². The second-order valence-corrected chi connectivity index (χ2v) is 10.1. The summed E-state index contributed by atoms with van der Waals surface area (Å²) in [4.78, 5) is 38.7. The van der Waals surface area contributed by atoms with Crippen LogP contribution in [0.5, 0.6) is 0 Å². The molecule has 0 bridgehead atoms. The quantitative estimate of drug-likeness (QED) is 0.622. The summed E-state index contributed by atoms with van der Waals surface area (Å²) >= 11 is 0. The van der Waals surface area contributed by atoms with Crippen molar-refractivity contribution in [1.82, 2.24) is 14.5 Å². The van der Waals surface area contributed by atoms with E-state index >= 15 is 0 Å². The van der Waals surface area contributed by atoms with Crippen LogP contribution >= 0.6 is 0 Å². The smallest absolute Gasteiger partial charge is 0.324 e. The largest absolute Gasteiger partial charge is 0.325 e. The molecule has 9 nitrogen and oxygen atoms in total. The van der Waals surface area contributed by atoms with Gasteiger partial charge in [0.25, 0.3) is 5.91 Å². The van der Waals surface area contributed by atoms with Crippen LogP contribution in [0.2, 0.25) is 0 Å². The molecule has 0 saturated carbocycles. The van der Waals surface area contributed by atoms with Crippen molar-refractivity contribution in [3.63, 3.8) is 0 Å². The number of imide groups is 1. The van der Waals surface area contributed by atoms with E-state index in [0.29, 0.717) is 18.7 Å². The van der Waals surface area contributed by atoms with E-state index in [9.17, 15) is 27.2 Å². The molecule has 2 aromatic carbocycles. The molecular formula is C22H23FN4O5S. The van der Waals surface area contributed by atoms with Gasteiger partial charge in [-0.15, -0.1) is 0 Å². The minimum atomic E-state index is -3.66. The molecule has 0 spiro atoms. The monoisotopic (exact) mass is 474 g/mol. The second kappa shape index (κ2) is 8.56. The number of nitrogens with zero attached hydrogens (tertiary/aromatic N) is 2. The lowest BCUT2D eigenvalue weighted by Crippen LogP contribution is -2.42. The third-order valence-corrected chi connectivity index (χ3v) is 7.71. The maximum absolute atomic E-state index is 13.2. The van der Waals surface area contributed by atoms with Crippen molar-refractivity contribution < 1.29 is 27.2 Å². The second-order valence-electron chi connectivity index (χ2n) is 8.14. The van der Waals surface area contributed by atoms with E-state index in [-0.39, 0.29) is 10.6 Å². The SMILES string of the molecule is C[C@]1(c2ccc(F)cc2)NC(=O)N(CC(=O)Nc2cccc(S(=O)(=O)N3CCCC3)c2)C1=O.